The van der Waals surface area contributed by atoms with Gasteiger partial charge in [0, 0.05) is 18.0 Å². The predicted octanol–water partition coefficient (Wildman–Crippen LogP) is 3.12. The summed E-state index contributed by atoms with van der Waals surface area (Å²) in [4.78, 5) is 13.7. The summed E-state index contributed by atoms with van der Waals surface area (Å²) in [5.41, 5.74) is -0.109. The Kier molecular flexibility index (Phi) is 4.29. The van der Waals surface area contributed by atoms with E-state index in [1.165, 1.54) is 38.5 Å². The minimum Gasteiger partial charge on any atom is -0.383 e. The highest BCUT2D eigenvalue weighted by atomic mass is 16.5. The van der Waals surface area contributed by atoms with Crippen molar-refractivity contribution in [2.45, 2.75) is 63.3 Å². The summed E-state index contributed by atoms with van der Waals surface area (Å²) in [6.45, 7) is 1.11. The number of aromatic nitrogens is 1. The van der Waals surface area contributed by atoms with Crippen LogP contribution >= 0.6 is 0 Å². The predicted molar refractivity (Wildman–Crippen MR) is 78.9 cm³/mol. The molecule has 3 rings (SSSR count). The van der Waals surface area contributed by atoms with Gasteiger partial charge >= 0.3 is 0 Å². The van der Waals surface area contributed by atoms with Gasteiger partial charge in [-0.3, -0.25) is 4.79 Å². The molecule has 0 amide bonds. The Morgan fingerprint density at radius 1 is 1.30 bits per heavy atom. The molecule has 1 saturated carbocycles. The first kappa shape index (κ1) is 13.9. The Morgan fingerprint density at radius 3 is 2.80 bits per heavy atom. The van der Waals surface area contributed by atoms with E-state index in [9.17, 15) is 4.79 Å². The number of aromatic amines is 1. The van der Waals surface area contributed by atoms with Gasteiger partial charge in [-0.05, 0) is 38.8 Å². The van der Waals surface area contributed by atoms with Crippen LogP contribution in [0.4, 0.5) is 0 Å². The Bertz CT molecular complexity index is 473. The highest BCUT2D eigenvalue weighted by molar-refractivity contribution is 5.05. The molecule has 2 heterocycles. The van der Waals surface area contributed by atoms with E-state index in [0.717, 1.165) is 31.1 Å². The molecular formula is C16H26N2O2. The van der Waals surface area contributed by atoms with Crippen molar-refractivity contribution < 1.29 is 4.52 Å². The average Bonchev–Trinajstić information content (AvgIpc) is 2.89. The second-order valence-corrected chi connectivity index (χ2v) is 6.71. The summed E-state index contributed by atoms with van der Waals surface area (Å²) in [7, 11) is 2.25. The summed E-state index contributed by atoms with van der Waals surface area (Å²) in [6.07, 6.45) is 10.6. The molecule has 1 saturated heterocycles. The van der Waals surface area contributed by atoms with Crippen molar-refractivity contribution in [2.75, 3.05) is 13.6 Å². The van der Waals surface area contributed by atoms with Crippen LogP contribution in [0.1, 0.15) is 63.0 Å². The van der Waals surface area contributed by atoms with Crippen LogP contribution in [0.3, 0.4) is 0 Å². The number of rotatable bonds is 3. The van der Waals surface area contributed by atoms with E-state index in [1.54, 1.807) is 6.07 Å². The molecule has 0 spiro atoms. The third-order valence-corrected chi connectivity index (χ3v) is 5.29. The molecular weight excluding hydrogens is 252 g/mol. The van der Waals surface area contributed by atoms with E-state index in [1.807, 2.05) is 0 Å². The van der Waals surface area contributed by atoms with Crippen LogP contribution in [0, 0.1) is 5.92 Å². The lowest BCUT2D eigenvalue weighted by Crippen LogP contribution is -2.40. The van der Waals surface area contributed by atoms with Crippen molar-refractivity contribution in [1.29, 1.82) is 0 Å². The number of piperidine rings is 1. The molecule has 20 heavy (non-hydrogen) atoms. The van der Waals surface area contributed by atoms with Gasteiger partial charge in [-0.1, -0.05) is 32.1 Å². The Hall–Kier alpha value is -1.03. The van der Waals surface area contributed by atoms with Gasteiger partial charge in [0.25, 0.3) is 5.56 Å². The summed E-state index contributed by atoms with van der Waals surface area (Å²) in [5.74, 6) is 2.18. The van der Waals surface area contributed by atoms with Gasteiger partial charge in [0.2, 0.25) is 0 Å². The van der Waals surface area contributed by atoms with Crippen LogP contribution < -0.4 is 5.56 Å². The van der Waals surface area contributed by atoms with Gasteiger partial charge in [-0.2, -0.15) is 5.16 Å². The number of nitrogens with zero attached hydrogens (tertiary/aromatic N) is 1. The van der Waals surface area contributed by atoms with E-state index in [-0.39, 0.29) is 5.56 Å². The van der Waals surface area contributed by atoms with Crippen LogP contribution in [0.15, 0.2) is 15.4 Å². The highest BCUT2D eigenvalue weighted by Gasteiger charge is 2.31. The molecule has 1 aliphatic carbocycles. The molecule has 2 atom stereocenters. The molecule has 2 aliphatic rings. The molecule has 0 radical (unpaired) electrons. The van der Waals surface area contributed by atoms with Gasteiger partial charge in [-0.15, -0.1) is 0 Å². The van der Waals surface area contributed by atoms with Gasteiger partial charge in [0.05, 0.1) is 0 Å². The normalized spacial score (nSPS) is 29.6. The second-order valence-electron chi connectivity index (χ2n) is 6.71. The van der Waals surface area contributed by atoms with Crippen LogP contribution in [-0.4, -0.2) is 29.7 Å². The quantitative estimate of drug-likeness (QED) is 0.924. The first-order valence-electron chi connectivity index (χ1n) is 8.11. The topological polar surface area (TPSA) is 49.2 Å². The molecule has 2 fully saturated rings. The lowest BCUT2D eigenvalue weighted by atomic mass is 9.80. The lowest BCUT2D eigenvalue weighted by Gasteiger charge is -2.38. The zero-order valence-electron chi connectivity index (χ0n) is 12.4. The molecule has 4 heteroatoms. The Labute approximate surface area is 120 Å². The third-order valence-electron chi connectivity index (χ3n) is 5.29. The fourth-order valence-corrected chi connectivity index (χ4v) is 4.01. The number of nitrogens with one attached hydrogen (secondary N) is 1. The van der Waals surface area contributed by atoms with Crippen molar-refractivity contribution in [3.63, 3.8) is 0 Å². The zero-order chi connectivity index (χ0) is 13.9. The fraction of sp³-hybridized carbons (Fsp3) is 0.812. The first-order chi connectivity index (χ1) is 9.72. The number of H-pyrrole nitrogens is 1. The molecule has 0 aromatic carbocycles. The molecule has 1 aromatic heterocycles. The monoisotopic (exact) mass is 278 g/mol. The summed E-state index contributed by atoms with van der Waals surface area (Å²) in [6, 6.07) is 2.28. The maximum Gasteiger partial charge on any atom is 0.280 e. The van der Waals surface area contributed by atoms with E-state index < -0.39 is 0 Å². The number of hydrogen-bond donors (Lipinski definition) is 1. The summed E-state index contributed by atoms with van der Waals surface area (Å²) < 4.78 is 5.32. The largest absolute Gasteiger partial charge is 0.383 e. The molecule has 1 N–H and O–H groups in total. The minimum absolute atomic E-state index is 0.109. The highest BCUT2D eigenvalue weighted by Crippen LogP contribution is 2.35. The van der Waals surface area contributed by atoms with E-state index >= 15 is 0 Å². The molecule has 4 nitrogen and oxygen atoms in total. The van der Waals surface area contributed by atoms with Crippen molar-refractivity contribution in [1.82, 2.24) is 10.1 Å². The summed E-state index contributed by atoms with van der Waals surface area (Å²) >= 11 is 0. The van der Waals surface area contributed by atoms with Crippen LogP contribution in [0.5, 0.6) is 0 Å². The Balaban J connectivity index is 1.62. The van der Waals surface area contributed by atoms with Crippen molar-refractivity contribution >= 4 is 0 Å². The van der Waals surface area contributed by atoms with Crippen LogP contribution in [-0.2, 0) is 0 Å². The lowest BCUT2D eigenvalue weighted by molar-refractivity contribution is 0.124. The Morgan fingerprint density at radius 2 is 2.10 bits per heavy atom. The number of likely N-dealkylation sites (tertiary alicyclic amines) is 1. The fourth-order valence-electron chi connectivity index (χ4n) is 4.01. The molecule has 0 bridgehead atoms. The average molecular weight is 278 g/mol. The number of hydrogen-bond acceptors (Lipinski definition) is 3. The minimum atomic E-state index is -0.109. The standard InChI is InChI=1S/C16H26N2O2/c1-18-8-7-13(15-11-16(19)17-20-15)10-14(18)9-12-5-3-2-4-6-12/h11-14H,2-10H2,1H3,(H,17,19)/t13-,14-/m1/s1. The SMILES string of the molecule is CN1CC[C@@H](c2cc(=O)[nH]o2)C[C@H]1CC1CCCCC1. The zero-order valence-corrected chi connectivity index (χ0v) is 12.4. The van der Waals surface area contributed by atoms with Crippen molar-refractivity contribution in [3.8, 4) is 0 Å². The smallest absolute Gasteiger partial charge is 0.280 e. The molecule has 1 aromatic rings. The molecule has 0 unspecified atom stereocenters. The van der Waals surface area contributed by atoms with Crippen molar-refractivity contribution in [3.05, 3.63) is 22.2 Å². The van der Waals surface area contributed by atoms with E-state index in [0.29, 0.717) is 12.0 Å². The third kappa shape index (κ3) is 3.17. The maximum absolute atomic E-state index is 11.2. The maximum atomic E-state index is 11.2. The first-order valence-corrected chi connectivity index (χ1v) is 8.11. The van der Waals surface area contributed by atoms with E-state index in [2.05, 4.69) is 17.1 Å². The second kappa shape index (κ2) is 6.17. The van der Waals surface area contributed by atoms with Gasteiger partial charge in [0.15, 0.2) is 0 Å². The molecule has 1 aliphatic heterocycles. The van der Waals surface area contributed by atoms with Gasteiger partial charge in [0.1, 0.15) is 5.76 Å². The molecule has 112 valence electrons. The van der Waals surface area contributed by atoms with E-state index in [4.69, 9.17) is 4.52 Å². The van der Waals surface area contributed by atoms with Gasteiger partial charge in [-0.25, -0.2) is 0 Å². The van der Waals surface area contributed by atoms with Crippen LogP contribution in [0.2, 0.25) is 0 Å². The van der Waals surface area contributed by atoms with Crippen LogP contribution in [0.25, 0.3) is 0 Å². The van der Waals surface area contributed by atoms with Crippen molar-refractivity contribution in [2.24, 2.45) is 5.92 Å². The summed E-state index contributed by atoms with van der Waals surface area (Å²) in [5, 5.41) is 2.43. The van der Waals surface area contributed by atoms with Gasteiger partial charge < -0.3 is 9.42 Å².